The molecule has 0 bridgehead atoms. The third-order valence-electron chi connectivity index (χ3n) is 3.84. The summed E-state index contributed by atoms with van der Waals surface area (Å²) in [6, 6.07) is 16.8. The first-order chi connectivity index (χ1) is 12.8. The van der Waals surface area contributed by atoms with Crippen LogP contribution in [-0.4, -0.2) is 16.8 Å². The standard InChI is InChI=1S/C19H15N5O2/c20-10-13-1-4-15(5-2-13)23-19-21-8-7-18(24-19)22-11-14-3-6-16-17(9-14)26-12-25-16/h1-9H,11-12H2,(H2,21,22,23,24). The fourth-order valence-electron chi connectivity index (χ4n) is 2.52. The lowest BCUT2D eigenvalue weighted by atomic mass is 10.2. The van der Waals surface area contributed by atoms with Gasteiger partial charge in [-0.25, -0.2) is 4.98 Å². The predicted octanol–water partition coefficient (Wildman–Crippen LogP) is 3.43. The van der Waals surface area contributed by atoms with Crippen molar-refractivity contribution in [1.29, 1.82) is 5.26 Å². The van der Waals surface area contributed by atoms with Crippen LogP contribution >= 0.6 is 0 Å². The Bertz CT molecular complexity index is 966. The highest BCUT2D eigenvalue weighted by Gasteiger charge is 2.13. The fourth-order valence-corrected chi connectivity index (χ4v) is 2.52. The lowest BCUT2D eigenvalue weighted by molar-refractivity contribution is 0.174. The number of hydrogen-bond donors (Lipinski definition) is 2. The largest absolute Gasteiger partial charge is 0.454 e. The molecule has 0 atom stereocenters. The number of nitrogens with one attached hydrogen (secondary N) is 2. The second-order valence-electron chi connectivity index (χ2n) is 5.62. The van der Waals surface area contributed by atoms with Gasteiger partial charge in [0.15, 0.2) is 11.5 Å². The van der Waals surface area contributed by atoms with E-state index in [4.69, 9.17) is 14.7 Å². The number of nitriles is 1. The van der Waals surface area contributed by atoms with Crippen molar-refractivity contribution in [3.8, 4) is 17.6 Å². The molecule has 7 nitrogen and oxygen atoms in total. The maximum absolute atomic E-state index is 8.84. The molecule has 128 valence electrons. The molecule has 2 N–H and O–H groups in total. The number of benzene rings is 2. The number of aromatic nitrogens is 2. The normalized spacial score (nSPS) is 11.7. The lowest BCUT2D eigenvalue weighted by Crippen LogP contribution is -2.04. The molecule has 3 aromatic rings. The summed E-state index contributed by atoms with van der Waals surface area (Å²) in [7, 11) is 0. The van der Waals surface area contributed by atoms with Gasteiger partial charge in [0.1, 0.15) is 5.82 Å². The van der Waals surface area contributed by atoms with E-state index in [0.29, 0.717) is 23.9 Å². The quantitative estimate of drug-likeness (QED) is 0.732. The summed E-state index contributed by atoms with van der Waals surface area (Å²) >= 11 is 0. The van der Waals surface area contributed by atoms with Gasteiger partial charge in [0.05, 0.1) is 11.6 Å². The first-order valence-corrected chi connectivity index (χ1v) is 8.03. The van der Waals surface area contributed by atoms with Crippen LogP contribution in [0.2, 0.25) is 0 Å². The topological polar surface area (TPSA) is 92.1 Å². The van der Waals surface area contributed by atoms with Gasteiger partial charge in [-0.05, 0) is 48.0 Å². The highest BCUT2D eigenvalue weighted by molar-refractivity contribution is 5.56. The molecule has 7 heteroatoms. The summed E-state index contributed by atoms with van der Waals surface area (Å²) in [5.74, 6) is 2.71. The van der Waals surface area contributed by atoms with Crippen LogP contribution in [0.4, 0.5) is 17.5 Å². The number of hydrogen-bond acceptors (Lipinski definition) is 7. The van der Waals surface area contributed by atoms with Crippen molar-refractivity contribution >= 4 is 17.5 Å². The number of nitrogens with zero attached hydrogens (tertiary/aromatic N) is 3. The number of ether oxygens (including phenoxy) is 2. The van der Waals surface area contributed by atoms with Crippen molar-refractivity contribution < 1.29 is 9.47 Å². The van der Waals surface area contributed by atoms with E-state index in [-0.39, 0.29) is 6.79 Å². The van der Waals surface area contributed by atoms with Gasteiger partial charge in [-0.1, -0.05) is 6.07 Å². The molecule has 0 radical (unpaired) electrons. The van der Waals surface area contributed by atoms with E-state index in [2.05, 4.69) is 26.7 Å². The summed E-state index contributed by atoms with van der Waals surface area (Å²) in [5.41, 5.74) is 2.49. The highest BCUT2D eigenvalue weighted by Crippen LogP contribution is 2.32. The smallest absolute Gasteiger partial charge is 0.231 e. The Hall–Kier alpha value is -3.79. The summed E-state index contributed by atoms with van der Waals surface area (Å²) in [5, 5.41) is 15.2. The van der Waals surface area contributed by atoms with Crippen molar-refractivity contribution in [1.82, 2.24) is 9.97 Å². The van der Waals surface area contributed by atoms with Crippen molar-refractivity contribution in [2.75, 3.05) is 17.4 Å². The zero-order chi connectivity index (χ0) is 17.8. The van der Waals surface area contributed by atoms with E-state index in [1.807, 2.05) is 30.3 Å². The molecule has 0 fully saturated rings. The van der Waals surface area contributed by atoms with E-state index in [0.717, 1.165) is 22.7 Å². The summed E-state index contributed by atoms with van der Waals surface area (Å²) < 4.78 is 10.7. The minimum absolute atomic E-state index is 0.266. The Balaban J connectivity index is 1.41. The van der Waals surface area contributed by atoms with Crippen LogP contribution < -0.4 is 20.1 Å². The van der Waals surface area contributed by atoms with Crippen LogP contribution in [0.3, 0.4) is 0 Å². The van der Waals surface area contributed by atoms with Gasteiger partial charge in [0.25, 0.3) is 0 Å². The van der Waals surface area contributed by atoms with Crippen molar-refractivity contribution in [3.63, 3.8) is 0 Å². The van der Waals surface area contributed by atoms with E-state index in [1.54, 1.807) is 24.4 Å². The molecule has 0 saturated carbocycles. The Morgan fingerprint density at radius 3 is 2.73 bits per heavy atom. The average Bonchev–Trinajstić information content (AvgIpc) is 3.15. The SMILES string of the molecule is N#Cc1ccc(Nc2nccc(NCc3ccc4c(c3)OCO4)n2)cc1. The van der Waals surface area contributed by atoms with Crippen LogP contribution in [0.25, 0.3) is 0 Å². The van der Waals surface area contributed by atoms with Gasteiger partial charge in [-0.15, -0.1) is 0 Å². The van der Waals surface area contributed by atoms with E-state index in [9.17, 15) is 0 Å². The second-order valence-corrected chi connectivity index (χ2v) is 5.62. The number of rotatable bonds is 5. The Morgan fingerprint density at radius 1 is 1.04 bits per heavy atom. The minimum atomic E-state index is 0.266. The van der Waals surface area contributed by atoms with Gasteiger partial charge >= 0.3 is 0 Å². The fraction of sp³-hybridized carbons (Fsp3) is 0.105. The van der Waals surface area contributed by atoms with Gasteiger partial charge in [-0.3, -0.25) is 0 Å². The van der Waals surface area contributed by atoms with E-state index >= 15 is 0 Å². The van der Waals surface area contributed by atoms with Gasteiger partial charge in [0.2, 0.25) is 12.7 Å². The molecule has 1 aliphatic heterocycles. The van der Waals surface area contributed by atoms with Crippen LogP contribution in [0.15, 0.2) is 54.7 Å². The van der Waals surface area contributed by atoms with Gasteiger partial charge in [0, 0.05) is 18.4 Å². The maximum atomic E-state index is 8.84. The van der Waals surface area contributed by atoms with Crippen molar-refractivity contribution in [3.05, 3.63) is 65.9 Å². The maximum Gasteiger partial charge on any atom is 0.231 e. The molecule has 2 heterocycles. The Kier molecular flexibility index (Phi) is 4.23. The lowest BCUT2D eigenvalue weighted by Gasteiger charge is -2.09. The zero-order valence-corrected chi connectivity index (χ0v) is 13.8. The molecule has 4 rings (SSSR count). The molecular formula is C19H15N5O2. The van der Waals surface area contributed by atoms with Gasteiger partial charge in [-0.2, -0.15) is 10.2 Å². The second kappa shape index (κ2) is 6.99. The Morgan fingerprint density at radius 2 is 1.88 bits per heavy atom. The Labute approximate surface area is 150 Å². The number of fused-ring (bicyclic) bond motifs is 1. The molecule has 2 aromatic carbocycles. The average molecular weight is 345 g/mol. The highest BCUT2D eigenvalue weighted by atomic mass is 16.7. The molecular weight excluding hydrogens is 330 g/mol. The molecule has 0 aliphatic carbocycles. The number of anilines is 3. The minimum Gasteiger partial charge on any atom is -0.454 e. The van der Waals surface area contributed by atoms with E-state index in [1.165, 1.54) is 0 Å². The molecule has 0 saturated heterocycles. The molecule has 0 unspecified atom stereocenters. The van der Waals surface area contributed by atoms with Crippen molar-refractivity contribution in [2.45, 2.75) is 6.54 Å². The zero-order valence-electron chi connectivity index (χ0n) is 13.8. The first-order valence-electron chi connectivity index (χ1n) is 8.03. The van der Waals surface area contributed by atoms with Crippen LogP contribution in [0, 0.1) is 11.3 Å². The van der Waals surface area contributed by atoms with Crippen LogP contribution in [-0.2, 0) is 6.54 Å². The summed E-state index contributed by atoms with van der Waals surface area (Å²) in [6.45, 7) is 0.868. The summed E-state index contributed by atoms with van der Waals surface area (Å²) in [6.07, 6.45) is 1.68. The summed E-state index contributed by atoms with van der Waals surface area (Å²) in [4.78, 5) is 8.66. The molecule has 0 spiro atoms. The molecule has 0 amide bonds. The van der Waals surface area contributed by atoms with Gasteiger partial charge < -0.3 is 20.1 Å². The van der Waals surface area contributed by atoms with Crippen LogP contribution in [0.5, 0.6) is 11.5 Å². The third-order valence-corrected chi connectivity index (χ3v) is 3.84. The molecule has 1 aromatic heterocycles. The molecule has 1 aliphatic rings. The van der Waals surface area contributed by atoms with Crippen molar-refractivity contribution in [2.24, 2.45) is 0 Å². The third kappa shape index (κ3) is 3.49. The van der Waals surface area contributed by atoms with Crippen LogP contribution in [0.1, 0.15) is 11.1 Å². The van der Waals surface area contributed by atoms with E-state index < -0.39 is 0 Å². The first kappa shape index (κ1) is 15.7. The molecule has 26 heavy (non-hydrogen) atoms. The monoisotopic (exact) mass is 345 g/mol. The predicted molar refractivity (Wildman–Crippen MR) is 96.4 cm³/mol.